The van der Waals surface area contributed by atoms with Crippen molar-refractivity contribution in [2.24, 2.45) is 0 Å². The molecule has 0 fully saturated rings. The zero-order valence-corrected chi connectivity index (χ0v) is 10.3. The summed E-state index contributed by atoms with van der Waals surface area (Å²) in [7, 11) is 3.20. The summed E-state index contributed by atoms with van der Waals surface area (Å²) in [5.74, 6) is 1.37. The van der Waals surface area contributed by atoms with Gasteiger partial charge in [-0.15, -0.1) is 0 Å². The second-order valence-corrected chi connectivity index (χ2v) is 4.00. The SMILES string of the molecule is COc1cccc(OC)c1-c1nc(Cl)ns1. The molecule has 0 spiro atoms. The quantitative estimate of drug-likeness (QED) is 0.847. The Balaban J connectivity index is 2.60. The first-order valence-corrected chi connectivity index (χ1v) is 5.62. The fourth-order valence-corrected chi connectivity index (χ4v) is 2.23. The van der Waals surface area contributed by atoms with E-state index in [0.717, 1.165) is 5.56 Å². The van der Waals surface area contributed by atoms with Crippen LogP contribution in [0.3, 0.4) is 0 Å². The van der Waals surface area contributed by atoms with E-state index in [2.05, 4.69) is 9.36 Å². The van der Waals surface area contributed by atoms with Gasteiger partial charge < -0.3 is 9.47 Å². The minimum absolute atomic E-state index is 0.230. The van der Waals surface area contributed by atoms with Gasteiger partial charge in [0.1, 0.15) is 11.5 Å². The number of halogens is 1. The molecule has 2 rings (SSSR count). The molecule has 6 heteroatoms. The maximum atomic E-state index is 5.71. The third-order valence-electron chi connectivity index (χ3n) is 2.04. The van der Waals surface area contributed by atoms with Crippen molar-refractivity contribution in [3.63, 3.8) is 0 Å². The molecule has 0 aliphatic rings. The normalized spacial score (nSPS) is 10.2. The van der Waals surface area contributed by atoms with Crippen LogP contribution in [0.1, 0.15) is 0 Å². The molecule has 0 saturated carbocycles. The number of hydrogen-bond acceptors (Lipinski definition) is 5. The first kappa shape index (κ1) is 11.2. The van der Waals surface area contributed by atoms with Crippen molar-refractivity contribution in [2.45, 2.75) is 0 Å². The van der Waals surface area contributed by atoms with Gasteiger partial charge in [-0.3, -0.25) is 0 Å². The highest BCUT2D eigenvalue weighted by molar-refractivity contribution is 7.09. The summed E-state index contributed by atoms with van der Waals surface area (Å²) < 4.78 is 14.5. The number of nitrogens with zero attached hydrogens (tertiary/aromatic N) is 2. The van der Waals surface area contributed by atoms with Crippen LogP contribution in [0.4, 0.5) is 0 Å². The van der Waals surface area contributed by atoms with Gasteiger partial charge in [-0.25, -0.2) is 4.98 Å². The lowest BCUT2D eigenvalue weighted by atomic mass is 10.2. The lowest BCUT2D eigenvalue weighted by Gasteiger charge is -2.09. The molecule has 1 aromatic carbocycles. The Bertz CT molecular complexity index is 479. The van der Waals surface area contributed by atoms with Crippen molar-refractivity contribution in [3.8, 4) is 22.1 Å². The van der Waals surface area contributed by atoms with E-state index in [1.165, 1.54) is 11.5 Å². The Labute approximate surface area is 102 Å². The van der Waals surface area contributed by atoms with Gasteiger partial charge in [0.05, 0.1) is 19.8 Å². The second kappa shape index (κ2) is 4.67. The van der Waals surface area contributed by atoms with Crippen LogP contribution in [-0.2, 0) is 0 Å². The Morgan fingerprint density at radius 1 is 1.19 bits per heavy atom. The molecule has 2 aromatic rings. The molecule has 0 atom stereocenters. The molecular weight excluding hydrogens is 248 g/mol. The van der Waals surface area contributed by atoms with Crippen molar-refractivity contribution < 1.29 is 9.47 Å². The van der Waals surface area contributed by atoms with E-state index in [0.29, 0.717) is 16.5 Å². The zero-order chi connectivity index (χ0) is 11.5. The lowest BCUT2D eigenvalue weighted by molar-refractivity contribution is 0.397. The largest absolute Gasteiger partial charge is 0.496 e. The standard InChI is InChI=1S/C10H9ClN2O2S/c1-14-6-4-3-5-7(15-2)8(6)9-12-10(11)13-16-9/h3-5H,1-2H3. The number of benzene rings is 1. The molecule has 0 amide bonds. The van der Waals surface area contributed by atoms with Gasteiger partial charge in [0.2, 0.25) is 5.28 Å². The van der Waals surface area contributed by atoms with Gasteiger partial charge in [0.15, 0.2) is 5.01 Å². The molecule has 0 aliphatic heterocycles. The van der Waals surface area contributed by atoms with Crippen molar-refractivity contribution in [1.29, 1.82) is 0 Å². The van der Waals surface area contributed by atoms with E-state index in [1.54, 1.807) is 14.2 Å². The topological polar surface area (TPSA) is 44.2 Å². The van der Waals surface area contributed by atoms with Crippen molar-refractivity contribution >= 4 is 23.1 Å². The molecule has 0 unspecified atom stereocenters. The highest BCUT2D eigenvalue weighted by Crippen LogP contribution is 2.39. The van der Waals surface area contributed by atoms with Crippen LogP contribution in [0, 0.1) is 0 Å². The maximum Gasteiger partial charge on any atom is 0.234 e. The highest BCUT2D eigenvalue weighted by Gasteiger charge is 2.16. The van der Waals surface area contributed by atoms with Crippen LogP contribution >= 0.6 is 23.1 Å². The molecule has 0 saturated heterocycles. The van der Waals surface area contributed by atoms with Crippen LogP contribution in [0.5, 0.6) is 11.5 Å². The number of hydrogen-bond donors (Lipinski definition) is 0. The zero-order valence-electron chi connectivity index (χ0n) is 8.73. The summed E-state index contributed by atoms with van der Waals surface area (Å²) in [6.45, 7) is 0. The average molecular weight is 257 g/mol. The van der Waals surface area contributed by atoms with E-state index in [9.17, 15) is 0 Å². The summed E-state index contributed by atoms with van der Waals surface area (Å²) in [4.78, 5) is 4.11. The van der Waals surface area contributed by atoms with E-state index >= 15 is 0 Å². The fraction of sp³-hybridized carbons (Fsp3) is 0.200. The summed E-state index contributed by atoms with van der Waals surface area (Å²) in [5.41, 5.74) is 0.775. The van der Waals surface area contributed by atoms with Crippen LogP contribution in [0.15, 0.2) is 18.2 Å². The molecule has 16 heavy (non-hydrogen) atoms. The van der Waals surface area contributed by atoms with Gasteiger partial charge >= 0.3 is 0 Å². The molecule has 4 nitrogen and oxygen atoms in total. The number of rotatable bonds is 3. The molecular formula is C10H9ClN2O2S. The van der Waals surface area contributed by atoms with E-state index in [1.807, 2.05) is 18.2 Å². The van der Waals surface area contributed by atoms with Crippen LogP contribution < -0.4 is 9.47 Å². The smallest absolute Gasteiger partial charge is 0.234 e. The Hall–Kier alpha value is -1.33. The average Bonchev–Trinajstić information content (AvgIpc) is 2.74. The fourth-order valence-electron chi connectivity index (χ4n) is 1.37. The van der Waals surface area contributed by atoms with Crippen LogP contribution in [-0.4, -0.2) is 23.6 Å². The third-order valence-corrected chi connectivity index (χ3v) is 3.04. The summed E-state index contributed by atoms with van der Waals surface area (Å²) in [6, 6.07) is 5.53. The molecule has 0 aliphatic carbocycles. The molecule has 1 aromatic heterocycles. The highest BCUT2D eigenvalue weighted by atomic mass is 35.5. The predicted molar refractivity (Wildman–Crippen MR) is 63.5 cm³/mol. The predicted octanol–water partition coefficient (Wildman–Crippen LogP) is 2.88. The van der Waals surface area contributed by atoms with Crippen molar-refractivity contribution in [2.75, 3.05) is 14.2 Å². The summed E-state index contributed by atoms with van der Waals surface area (Å²) in [6.07, 6.45) is 0. The number of methoxy groups -OCH3 is 2. The first-order chi connectivity index (χ1) is 7.76. The molecule has 1 heterocycles. The second-order valence-electron chi connectivity index (χ2n) is 2.91. The van der Waals surface area contributed by atoms with Gasteiger partial charge in [-0.2, -0.15) is 4.37 Å². The minimum atomic E-state index is 0.230. The number of aromatic nitrogens is 2. The van der Waals surface area contributed by atoms with E-state index in [4.69, 9.17) is 21.1 Å². The first-order valence-electron chi connectivity index (χ1n) is 4.47. The molecule has 84 valence electrons. The molecule has 0 radical (unpaired) electrons. The molecule has 0 bridgehead atoms. The monoisotopic (exact) mass is 256 g/mol. The van der Waals surface area contributed by atoms with E-state index in [-0.39, 0.29) is 5.28 Å². The number of ether oxygens (including phenoxy) is 2. The molecule has 0 N–H and O–H groups in total. The van der Waals surface area contributed by atoms with Crippen molar-refractivity contribution in [3.05, 3.63) is 23.5 Å². The summed E-state index contributed by atoms with van der Waals surface area (Å²) in [5, 5.41) is 0.909. The Kier molecular flexibility index (Phi) is 3.26. The van der Waals surface area contributed by atoms with E-state index < -0.39 is 0 Å². The Morgan fingerprint density at radius 3 is 2.25 bits per heavy atom. The maximum absolute atomic E-state index is 5.71. The van der Waals surface area contributed by atoms with Gasteiger partial charge in [-0.05, 0) is 35.3 Å². The lowest BCUT2D eigenvalue weighted by Crippen LogP contribution is -1.92. The minimum Gasteiger partial charge on any atom is -0.496 e. The van der Waals surface area contributed by atoms with Gasteiger partial charge in [0.25, 0.3) is 0 Å². The van der Waals surface area contributed by atoms with Gasteiger partial charge in [0, 0.05) is 0 Å². The summed E-state index contributed by atoms with van der Waals surface area (Å²) >= 11 is 6.92. The van der Waals surface area contributed by atoms with Crippen LogP contribution in [0.2, 0.25) is 5.28 Å². The van der Waals surface area contributed by atoms with Crippen LogP contribution in [0.25, 0.3) is 10.6 Å². The van der Waals surface area contributed by atoms with Gasteiger partial charge in [-0.1, -0.05) is 6.07 Å². The third kappa shape index (κ3) is 1.96. The van der Waals surface area contributed by atoms with Crippen molar-refractivity contribution in [1.82, 2.24) is 9.36 Å². The Morgan fingerprint density at radius 2 is 1.81 bits per heavy atom.